The number of hydrogen-bond acceptors (Lipinski definition) is 1. The normalized spacial score (nSPS) is 12.0. The first-order valence-corrected chi connectivity index (χ1v) is 13.2. The molecule has 7 heteroatoms. The van der Waals surface area contributed by atoms with Gasteiger partial charge in [0.15, 0.2) is 6.61 Å². The molecule has 0 saturated heterocycles. The molecule has 210 valence electrons. The number of fused-ring (bicyclic) bond motifs is 1. The Hall–Kier alpha value is -3.74. The zero-order valence-corrected chi connectivity index (χ0v) is 22.1. The van der Waals surface area contributed by atoms with Crippen molar-refractivity contribution in [1.82, 2.24) is 0 Å². The summed E-state index contributed by atoms with van der Waals surface area (Å²) in [7, 11) is 0. The second kappa shape index (κ2) is 13.1. The van der Waals surface area contributed by atoms with Gasteiger partial charge >= 0.3 is 6.18 Å². The van der Waals surface area contributed by atoms with Crippen molar-refractivity contribution in [2.75, 3.05) is 6.61 Å². The predicted molar refractivity (Wildman–Crippen MR) is 146 cm³/mol. The molecule has 0 amide bonds. The van der Waals surface area contributed by atoms with Crippen LogP contribution in [0, 0.1) is 17.5 Å². The molecule has 4 aromatic carbocycles. The van der Waals surface area contributed by atoms with Gasteiger partial charge in [0.25, 0.3) is 0 Å². The van der Waals surface area contributed by atoms with Crippen LogP contribution in [0.25, 0.3) is 10.8 Å². The van der Waals surface area contributed by atoms with E-state index in [1.165, 1.54) is 24.3 Å². The molecule has 40 heavy (non-hydrogen) atoms. The Kier molecular flexibility index (Phi) is 9.56. The fraction of sp³-hybridized carbons (Fsp3) is 0.273. The molecule has 0 heterocycles. The Morgan fingerprint density at radius 3 is 2.05 bits per heavy atom. The molecule has 0 N–H and O–H groups in total. The van der Waals surface area contributed by atoms with Gasteiger partial charge in [-0.2, -0.15) is 13.2 Å². The monoisotopic (exact) mass is 556 g/mol. The molecule has 0 aliphatic heterocycles. The minimum absolute atomic E-state index is 0.0522. The van der Waals surface area contributed by atoms with Gasteiger partial charge in [-0.3, -0.25) is 0 Å². The zero-order chi connectivity index (χ0) is 28.7. The van der Waals surface area contributed by atoms with Gasteiger partial charge in [-0.05, 0) is 97.4 Å². The number of benzene rings is 4. The topological polar surface area (TPSA) is 9.23 Å². The third-order valence-corrected chi connectivity index (χ3v) is 6.81. The van der Waals surface area contributed by atoms with Gasteiger partial charge < -0.3 is 4.74 Å². The first kappa shape index (κ1) is 29.2. The summed E-state index contributed by atoms with van der Waals surface area (Å²) in [5.41, 5.74) is 2.90. The van der Waals surface area contributed by atoms with E-state index in [2.05, 4.69) is 0 Å². The lowest BCUT2D eigenvalue weighted by Gasteiger charge is -2.11. The summed E-state index contributed by atoms with van der Waals surface area (Å²) in [6, 6.07) is 17.9. The van der Waals surface area contributed by atoms with Gasteiger partial charge in [-0.15, -0.1) is 0 Å². The Morgan fingerprint density at radius 1 is 0.700 bits per heavy atom. The van der Waals surface area contributed by atoms with E-state index >= 15 is 4.39 Å². The SMILES string of the molecule is C/C=C/CCc1cc(F)c(CCc2ccc3c(F)c(CCc4ccc(OCC(F)(F)F)cc4)ccc3c2)c(F)c1. The van der Waals surface area contributed by atoms with Crippen LogP contribution in [0.2, 0.25) is 0 Å². The number of alkyl halides is 3. The van der Waals surface area contributed by atoms with Crippen LogP contribution in [0.3, 0.4) is 0 Å². The Balaban J connectivity index is 1.38. The molecular weight excluding hydrogens is 526 g/mol. The van der Waals surface area contributed by atoms with Crippen molar-refractivity contribution in [2.45, 2.75) is 51.6 Å². The van der Waals surface area contributed by atoms with Crippen LogP contribution in [0.5, 0.6) is 5.75 Å². The number of halogens is 6. The van der Waals surface area contributed by atoms with Crippen molar-refractivity contribution in [1.29, 1.82) is 0 Å². The fourth-order valence-corrected chi connectivity index (χ4v) is 4.66. The van der Waals surface area contributed by atoms with Gasteiger partial charge in [0.1, 0.15) is 23.2 Å². The lowest BCUT2D eigenvalue weighted by molar-refractivity contribution is -0.153. The predicted octanol–water partition coefficient (Wildman–Crippen LogP) is 9.28. The van der Waals surface area contributed by atoms with Gasteiger partial charge in [0, 0.05) is 10.9 Å². The van der Waals surface area contributed by atoms with Gasteiger partial charge in [-0.25, -0.2) is 13.2 Å². The molecule has 0 unspecified atom stereocenters. The van der Waals surface area contributed by atoms with Crippen molar-refractivity contribution in [3.8, 4) is 5.75 Å². The standard InChI is InChI=1S/C33H30F6O/c1-2-3-4-5-24-19-30(34)29(31(35)20-24)17-10-23-9-16-28-26(18-23)13-12-25(32(28)36)11-6-22-7-14-27(15-8-22)40-21-33(37,38)39/h2-3,7-9,12-16,18-20H,4-6,10-11,17,21H2,1H3/b3-2+. The molecule has 0 radical (unpaired) electrons. The maximum atomic E-state index is 15.3. The molecule has 0 spiro atoms. The van der Waals surface area contributed by atoms with E-state index < -0.39 is 24.4 Å². The third-order valence-electron chi connectivity index (χ3n) is 6.81. The molecule has 0 fully saturated rings. The highest BCUT2D eigenvalue weighted by Gasteiger charge is 2.28. The molecular formula is C33H30F6O. The van der Waals surface area contributed by atoms with E-state index in [0.717, 1.165) is 17.5 Å². The van der Waals surface area contributed by atoms with Crippen LogP contribution in [0.1, 0.15) is 41.2 Å². The molecule has 0 saturated carbocycles. The van der Waals surface area contributed by atoms with Crippen molar-refractivity contribution < 1.29 is 31.1 Å². The summed E-state index contributed by atoms with van der Waals surface area (Å²) < 4.78 is 86.1. The average molecular weight is 557 g/mol. The van der Waals surface area contributed by atoms with Crippen molar-refractivity contribution in [3.63, 3.8) is 0 Å². The Labute approximate surface area is 230 Å². The van der Waals surface area contributed by atoms with Crippen LogP contribution < -0.4 is 4.74 Å². The number of ether oxygens (including phenoxy) is 1. The van der Waals surface area contributed by atoms with Crippen molar-refractivity contribution >= 4 is 10.8 Å². The van der Waals surface area contributed by atoms with E-state index in [4.69, 9.17) is 4.74 Å². The third kappa shape index (κ3) is 7.90. The second-order valence-electron chi connectivity index (χ2n) is 9.79. The average Bonchev–Trinajstić information content (AvgIpc) is 2.91. The van der Waals surface area contributed by atoms with Crippen LogP contribution in [0.15, 0.2) is 78.9 Å². The summed E-state index contributed by atoms with van der Waals surface area (Å²) in [5, 5.41) is 1.16. The summed E-state index contributed by atoms with van der Waals surface area (Å²) in [6.07, 6.45) is 2.28. The quantitative estimate of drug-likeness (QED) is 0.132. The second-order valence-corrected chi connectivity index (χ2v) is 9.79. The fourth-order valence-electron chi connectivity index (χ4n) is 4.66. The highest BCUT2D eigenvalue weighted by molar-refractivity contribution is 5.84. The van der Waals surface area contributed by atoms with Crippen molar-refractivity contribution in [2.24, 2.45) is 0 Å². The highest BCUT2D eigenvalue weighted by Crippen LogP contribution is 2.26. The molecule has 0 aromatic heterocycles. The minimum atomic E-state index is -4.40. The van der Waals surface area contributed by atoms with Crippen LogP contribution in [0.4, 0.5) is 26.3 Å². The first-order chi connectivity index (χ1) is 19.1. The van der Waals surface area contributed by atoms with E-state index in [1.54, 1.807) is 30.3 Å². The van der Waals surface area contributed by atoms with Gasteiger partial charge in [0.05, 0.1) is 0 Å². The summed E-state index contributed by atoms with van der Waals surface area (Å²) in [6.45, 7) is 0.550. The largest absolute Gasteiger partial charge is 0.484 e. The number of rotatable bonds is 11. The molecule has 4 rings (SSSR count). The Morgan fingerprint density at radius 2 is 1.38 bits per heavy atom. The van der Waals surface area contributed by atoms with Gasteiger partial charge in [0.2, 0.25) is 0 Å². The maximum Gasteiger partial charge on any atom is 0.422 e. The van der Waals surface area contributed by atoms with Crippen molar-refractivity contribution in [3.05, 3.63) is 124 Å². The smallest absolute Gasteiger partial charge is 0.422 e. The molecule has 0 bridgehead atoms. The van der Waals surface area contributed by atoms with Crippen LogP contribution in [-0.2, 0) is 32.1 Å². The molecule has 0 aliphatic carbocycles. The summed E-state index contributed by atoms with van der Waals surface area (Å²) >= 11 is 0. The summed E-state index contributed by atoms with van der Waals surface area (Å²) in [4.78, 5) is 0. The molecule has 0 atom stereocenters. The number of aryl methyl sites for hydroxylation is 4. The zero-order valence-electron chi connectivity index (χ0n) is 22.1. The number of allylic oxidation sites excluding steroid dienone is 2. The lowest BCUT2D eigenvalue weighted by Crippen LogP contribution is -2.19. The number of hydrogen-bond donors (Lipinski definition) is 0. The van der Waals surface area contributed by atoms with Crippen LogP contribution >= 0.6 is 0 Å². The highest BCUT2D eigenvalue weighted by atomic mass is 19.4. The lowest BCUT2D eigenvalue weighted by atomic mass is 9.96. The van der Waals surface area contributed by atoms with E-state index in [-0.39, 0.29) is 23.6 Å². The summed E-state index contributed by atoms with van der Waals surface area (Å²) in [5.74, 6) is -1.30. The van der Waals surface area contributed by atoms with E-state index in [0.29, 0.717) is 47.6 Å². The van der Waals surface area contributed by atoms with E-state index in [9.17, 15) is 22.0 Å². The molecule has 0 aliphatic rings. The van der Waals surface area contributed by atoms with Gasteiger partial charge in [-0.1, -0.05) is 54.6 Å². The molecule has 1 nitrogen and oxygen atoms in total. The molecule has 4 aromatic rings. The van der Waals surface area contributed by atoms with Crippen LogP contribution in [-0.4, -0.2) is 12.8 Å². The maximum absolute atomic E-state index is 15.3. The van der Waals surface area contributed by atoms with E-state index in [1.807, 2.05) is 31.2 Å². The minimum Gasteiger partial charge on any atom is -0.484 e. The Bertz CT molecular complexity index is 1450. The first-order valence-electron chi connectivity index (χ1n) is 13.2.